The number of benzene rings is 1. The number of nitrogens with one attached hydrogen (secondary N) is 1. The second-order valence-corrected chi connectivity index (χ2v) is 10.7. The first-order valence-corrected chi connectivity index (χ1v) is 13.1. The molecule has 2 aromatic rings. The fraction of sp³-hybridized carbons (Fsp3) is 0.593. The zero-order valence-electron chi connectivity index (χ0n) is 21.0. The van der Waals surface area contributed by atoms with E-state index in [1.807, 2.05) is 37.3 Å². The number of anilines is 1. The van der Waals surface area contributed by atoms with E-state index >= 15 is 0 Å². The Balaban J connectivity index is 0.00000304. The SMILES string of the molecule is CC(C(=O)O[C@H]1C[N+]2(CC(=O)Nc3ccon3)CCC1CC2)(c1ccccc1)N1CCCCCC1.[Br-]. The highest BCUT2D eigenvalue weighted by Crippen LogP contribution is 2.38. The number of halogens is 1. The maximum atomic E-state index is 14.0. The smallest absolute Gasteiger partial charge is 0.331 e. The third kappa shape index (κ3) is 5.53. The van der Waals surface area contributed by atoms with Crippen LogP contribution < -0.4 is 22.3 Å². The molecular formula is C27H37BrN4O4. The molecule has 0 spiro atoms. The Labute approximate surface area is 223 Å². The highest BCUT2D eigenvalue weighted by atomic mass is 79.9. The van der Waals surface area contributed by atoms with Crippen molar-refractivity contribution in [3.8, 4) is 0 Å². The molecule has 196 valence electrons. The first-order chi connectivity index (χ1) is 17.0. The molecule has 9 heteroatoms. The minimum absolute atomic E-state index is 0. The standard InChI is InChI=1S/C27H36N4O4.BrH/c1-27(22-9-5-4-6-10-22,30-14-7-2-3-8-15-30)26(33)35-23-19-31(16-11-21(23)12-17-31)20-25(32)28-24-13-18-34-29-24;/h4-6,9-10,13,18,21,23H,2-3,7-8,11-12,14-17,19-20H2,1H3;1H/t21?,23-,27?,31?;/m0./s1. The maximum absolute atomic E-state index is 14.0. The summed E-state index contributed by atoms with van der Waals surface area (Å²) in [4.78, 5) is 29.1. The van der Waals surface area contributed by atoms with Crippen molar-refractivity contribution in [2.24, 2.45) is 5.92 Å². The number of nitrogens with zero attached hydrogens (tertiary/aromatic N) is 3. The molecule has 5 heterocycles. The zero-order valence-corrected chi connectivity index (χ0v) is 22.6. The van der Waals surface area contributed by atoms with Crippen LogP contribution in [0, 0.1) is 5.92 Å². The van der Waals surface area contributed by atoms with E-state index in [-0.39, 0.29) is 35.0 Å². The number of hydrogen-bond donors (Lipinski definition) is 1. The van der Waals surface area contributed by atoms with Gasteiger partial charge in [-0.25, -0.2) is 4.79 Å². The van der Waals surface area contributed by atoms with Gasteiger partial charge in [0.2, 0.25) is 0 Å². The molecule has 36 heavy (non-hydrogen) atoms. The number of rotatable bonds is 7. The van der Waals surface area contributed by atoms with Gasteiger partial charge in [-0.3, -0.25) is 9.69 Å². The fourth-order valence-electron chi connectivity index (χ4n) is 6.30. The van der Waals surface area contributed by atoms with Crippen LogP contribution in [0.3, 0.4) is 0 Å². The molecule has 2 atom stereocenters. The monoisotopic (exact) mass is 560 g/mol. The number of carbonyl (C=O) groups is 2. The van der Waals surface area contributed by atoms with Gasteiger partial charge in [0.25, 0.3) is 5.91 Å². The maximum Gasteiger partial charge on any atom is 0.331 e. The quantitative estimate of drug-likeness (QED) is 0.393. The Morgan fingerprint density at radius 3 is 2.44 bits per heavy atom. The molecule has 1 unspecified atom stereocenters. The average Bonchev–Trinajstić information content (AvgIpc) is 3.22. The molecule has 8 nitrogen and oxygen atoms in total. The van der Waals surface area contributed by atoms with E-state index in [9.17, 15) is 9.59 Å². The van der Waals surface area contributed by atoms with Gasteiger partial charge in [0.15, 0.2) is 18.5 Å². The first-order valence-electron chi connectivity index (χ1n) is 13.1. The molecule has 2 bridgehead atoms. The molecule has 0 saturated carbocycles. The molecule has 4 fully saturated rings. The Hall–Kier alpha value is -2.23. The van der Waals surface area contributed by atoms with Gasteiger partial charge in [-0.2, -0.15) is 0 Å². The van der Waals surface area contributed by atoms with Crippen LogP contribution in [0.1, 0.15) is 51.0 Å². The van der Waals surface area contributed by atoms with Gasteiger partial charge in [0, 0.05) is 24.8 Å². The van der Waals surface area contributed by atoms with Crippen LogP contribution in [0.15, 0.2) is 47.2 Å². The third-order valence-corrected chi connectivity index (χ3v) is 8.46. The van der Waals surface area contributed by atoms with Crippen LogP contribution in [-0.2, 0) is 19.9 Å². The first kappa shape index (κ1) is 26.8. The van der Waals surface area contributed by atoms with Crippen molar-refractivity contribution in [2.45, 2.75) is 57.1 Å². The predicted molar refractivity (Wildman–Crippen MR) is 131 cm³/mol. The topological polar surface area (TPSA) is 84.7 Å². The lowest BCUT2D eigenvalue weighted by Crippen LogP contribution is -3.00. The highest BCUT2D eigenvalue weighted by molar-refractivity contribution is 5.90. The molecule has 4 aliphatic rings. The van der Waals surface area contributed by atoms with Crippen molar-refractivity contribution in [3.05, 3.63) is 48.2 Å². The molecule has 1 aromatic carbocycles. The molecule has 1 amide bonds. The van der Waals surface area contributed by atoms with Crippen molar-refractivity contribution in [1.82, 2.24) is 10.1 Å². The molecule has 1 aromatic heterocycles. The van der Waals surface area contributed by atoms with Crippen LogP contribution in [0.25, 0.3) is 0 Å². The summed E-state index contributed by atoms with van der Waals surface area (Å²) in [6, 6.07) is 11.7. The normalized spacial score (nSPS) is 27.8. The van der Waals surface area contributed by atoms with E-state index in [1.54, 1.807) is 6.07 Å². The summed E-state index contributed by atoms with van der Waals surface area (Å²) in [6.07, 6.45) is 7.83. The minimum atomic E-state index is -0.813. The minimum Gasteiger partial charge on any atom is -1.00 e. The highest BCUT2D eigenvalue weighted by Gasteiger charge is 2.51. The molecule has 4 saturated heterocycles. The second-order valence-electron chi connectivity index (χ2n) is 10.7. The van der Waals surface area contributed by atoms with Gasteiger partial charge in [-0.1, -0.05) is 48.3 Å². The van der Waals surface area contributed by atoms with Gasteiger partial charge in [-0.15, -0.1) is 0 Å². The van der Waals surface area contributed by atoms with E-state index in [0.717, 1.165) is 57.4 Å². The van der Waals surface area contributed by atoms with Crippen molar-refractivity contribution < 1.29 is 40.3 Å². The Kier molecular flexibility index (Phi) is 8.52. The van der Waals surface area contributed by atoms with Crippen LogP contribution >= 0.6 is 0 Å². The van der Waals surface area contributed by atoms with Gasteiger partial charge in [-0.05, 0) is 38.4 Å². The van der Waals surface area contributed by atoms with Crippen molar-refractivity contribution in [3.63, 3.8) is 0 Å². The van der Waals surface area contributed by atoms with E-state index in [1.165, 1.54) is 19.1 Å². The number of piperidine rings is 3. The van der Waals surface area contributed by atoms with E-state index in [4.69, 9.17) is 9.26 Å². The number of esters is 1. The van der Waals surface area contributed by atoms with Gasteiger partial charge in [0.05, 0.1) is 13.1 Å². The van der Waals surface area contributed by atoms with Crippen molar-refractivity contribution in [1.29, 1.82) is 0 Å². The predicted octanol–water partition coefficient (Wildman–Crippen LogP) is 0.561. The third-order valence-electron chi connectivity index (χ3n) is 8.46. The van der Waals surface area contributed by atoms with E-state index in [0.29, 0.717) is 29.3 Å². The van der Waals surface area contributed by atoms with Gasteiger partial charge in [0.1, 0.15) is 18.3 Å². The Morgan fingerprint density at radius 1 is 1.11 bits per heavy atom. The number of likely N-dealkylation sites (tertiary alicyclic amines) is 1. The summed E-state index contributed by atoms with van der Waals surface area (Å²) in [7, 11) is 0. The summed E-state index contributed by atoms with van der Waals surface area (Å²) in [5.41, 5.74) is 0.177. The Bertz CT molecular complexity index is 1000. The molecule has 0 radical (unpaired) electrons. The van der Waals surface area contributed by atoms with Crippen LogP contribution in [0.4, 0.5) is 5.82 Å². The van der Waals surface area contributed by atoms with Gasteiger partial charge >= 0.3 is 5.97 Å². The van der Waals surface area contributed by atoms with Crippen LogP contribution in [0.2, 0.25) is 0 Å². The Morgan fingerprint density at radius 2 is 1.81 bits per heavy atom. The number of aromatic nitrogens is 1. The lowest BCUT2D eigenvalue weighted by atomic mass is 9.82. The molecule has 0 aliphatic carbocycles. The number of ether oxygens (including phenoxy) is 1. The zero-order chi connectivity index (χ0) is 24.3. The number of quaternary nitrogens is 1. The number of fused-ring (bicyclic) bond motifs is 3. The summed E-state index contributed by atoms with van der Waals surface area (Å²) >= 11 is 0. The summed E-state index contributed by atoms with van der Waals surface area (Å²) in [5.74, 6) is 0.554. The summed E-state index contributed by atoms with van der Waals surface area (Å²) in [6.45, 7) is 6.75. The van der Waals surface area contributed by atoms with E-state index in [2.05, 4.69) is 15.4 Å². The number of carbonyl (C=O) groups excluding carboxylic acids is 2. The number of amides is 1. The molecule has 6 rings (SSSR count). The summed E-state index contributed by atoms with van der Waals surface area (Å²) < 4.78 is 11.9. The van der Waals surface area contributed by atoms with Crippen LogP contribution in [-0.4, -0.2) is 71.8 Å². The van der Waals surface area contributed by atoms with Gasteiger partial charge < -0.3 is 36.0 Å². The second kappa shape index (κ2) is 11.4. The van der Waals surface area contributed by atoms with Crippen molar-refractivity contribution >= 4 is 17.7 Å². The molecule has 1 N–H and O–H groups in total. The molecule has 4 aliphatic heterocycles. The van der Waals surface area contributed by atoms with E-state index < -0.39 is 5.54 Å². The largest absolute Gasteiger partial charge is 1.00 e. The molecular weight excluding hydrogens is 524 g/mol. The van der Waals surface area contributed by atoms with Crippen molar-refractivity contribution in [2.75, 3.05) is 44.6 Å². The fourth-order valence-corrected chi connectivity index (χ4v) is 6.30. The number of hydrogen-bond acceptors (Lipinski definition) is 6. The summed E-state index contributed by atoms with van der Waals surface area (Å²) in [5, 5.41) is 6.60. The average molecular weight is 562 g/mol. The van der Waals surface area contributed by atoms with Crippen LogP contribution in [0.5, 0.6) is 0 Å². The lowest BCUT2D eigenvalue weighted by Gasteiger charge is -2.52. The lowest BCUT2D eigenvalue weighted by molar-refractivity contribution is -0.939.